The van der Waals surface area contributed by atoms with E-state index >= 15 is 0 Å². The first kappa shape index (κ1) is 21.4. The van der Waals surface area contributed by atoms with E-state index < -0.39 is 29.8 Å². The summed E-state index contributed by atoms with van der Waals surface area (Å²) in [7, 11) is 1.59. The average Bonchev–Trinajstić information content (AvgIpc) is 2.76. The molecule has 0 amide bonds. The van der Waals surface area contributed by atoms with Crippen LogP contribution in [0.1, 0.15) is 5.56 Å². The second-order valence-corrected chi connectivity index (χ2v) is 7.64. The van der Waals surface area contributed by atoms with Crippen LogP contribution in [0.5, 0.6) is 5.75 Å². The number of hydrogen-bond acceptors (Lipinski definition) is 7. The smallest absolute Gasteiger partial charge is 0.119 e. The molecule has 2 N–H and O–H groups in total. The van der Waals surface area contributed by atoms with Gasteiger partial charge in [0.25, 0.3) is 0 Å². The van der Waals surface area contributed by atoms with Crippen LogP contribution < -0.4 is 4.74 Å². The fraction of sp³-hybridized carbons (Fsp3) is 0.400. The summed E-state index contributed by atoms with van der Waals surface area (Å²) < 4.78 is 16.9. The molecule has 8 nitrogen and oxygen atoms in total. The highest BCUT2D eigenvalue weighted by atomic mass is 32.2. The van der Waals surface area contributed by atoms with Gasteiger partial charge in [-0.1, -0.05) is 47.2 Å². The Morgan fingerprint density at radius 1 is 1.17 bits per heavy atom. The van der Waals surface area contributed by atoms with Gasteiger partial charge < -0.3 is 24.4 Å². The Morgan fingerprint density at radius 3 is 2.52 bits per heavy atom. The average molecular weight is 417 g/mol. The van der Waals surface area contributed by atoms with E-state index in [0.29, 0.717) is 0 Å². The molecule has 3 rings (SSSR count). The fourth-order valence-corrected chi connectivity index (χ4v) is 4.20. The Hall–Kier alpha value is -2.26. The van der Waals surface area contributed by atoms with Gasteiger partial charge in [0.2, 0.25) is 0 Å². The van der Waals surface area contributed by atoms with Crippen molar-refractivity contribution in [2.75, 3.05) is 13.7 Å². The molecule has 0 aliphatic carbocycles. The first-order chi connectivity index (χ1) is 14.2. The van der Waals surface area contributed by atoms with E-state index in [-0.39, 0.29) is 13.2 Å². The summed E-state index contributed by atoms with van der Waals surface area (Å²) in [4.78, 5) is 3.84. The maximum Gasteiger partial charge on any atom is 0.119 e. The molecule has 0 bridgehead atoms. The van der Waals surface area contributed by atoms with Gasteiger partial charge in [-0.3, -0.25) is 0 Å². The number of benzene rings is 2. The van der Waals surface area contributed by atoms with Crippen LogP contribution in [-0.4, -0.2) is 53.7 Å². The number of hydrogen-bond donors (Lipinski definition) is 2. The van der Waals surface area contributed by atoms with Crippen molar-refractivity contribution in [3.8, 4) is 5.75 Å². The standard InChI is InChI=1S/C20H23N3O5S/c1-26-14-9-7-13(8-10-14)12-27-19-17(22-23-21)20(28-16(11-24)18(19)25)29-15-5-3-2-4-6-15/h2-10,16-20,24-25H,11-12H2,1H3/t16?,17?,18-,19+,20-/m0/s1. The summed E-state index contributed by atoms with van der Waals surface area (Å²) in [6.07, 6.45) is -2.82. The number of ether oxygens (including phenoxy) is 3. The maximum atomic E-state index is 10.6. The van der Waals surface area contributed by atoms with Gasteiger partial charge in [0.15, 0.2) is 0 Å². The summed E-state index contributed by atoms with van der Waals surface area (Å²) in [6.45, 7) is -0.178. The summed E-state index contributed by atoms with van der Waals surface area (Å²) in [5.74, 6) is 0.728. The first-order valence-corrected chi connectivity index (χ1v) is 9.99. The highest BCUT2D eigenvalue weighted by Crippen LogP contribution is 2.36. The van der Waals surface area contributed by atoms with Crippen molar-refractivity contribution in [2.45, 2.75) is 41.3 Å². The molecule has 2 aromatic carbocycles. The van der Waals surface area contributed by atoms with Crippen molar-refractivity contribution in [1.29, 1.82) is 0 Å². The van der Waals surface area contributed by atoms with Gasteiger partial charge >= 0.3 is 0 Å². The van der Waals surface area contributed by atoms with Crippen molar-refractivity contribution in [3.05, 3.63) is 70.6 Å². The van der Waals surface area contributed by atoms with Crippen LogP contribution in [-0.2, 0) is 16.1 Å². The van der Waals surface area contributed by atoms with Crippen molar-refractivity contribution < 1.29 is 24.4 Å². The molecule has 0 spiro atoms. The highest BCUT2D eigenvalue weighted by molar-refractivity contribution is 7.99. The predicted molar refractivity (Wildman–Crippen MR) is 109 cm³/mol. The Labute approximate surface area is 173 Å². The minimum atomic E-state index is -1.14. The van der Waals surface area contributed by atoms with Crippen LogP contribution in [0.15, 0.2) is 64.6 Å². The molecule has 29 heavy (non-hydrogen) atoms. The van der Waals surface area contributed by atoms with Crippen LogP contribution in [0.25, 0.3) is 10.4 Å². The van der Waals surface area contributed by atoms with Crippen molar-refractivity contribution in [1.82, 2.24) is 0 Å². The van der Waals surface area contributed by atoms with E-state index in [2.05, 4.69) is 10.0 Å². The maximum absolute atomic E-state index is 10.6. The van der Waals surface area contributed by atoms with Crippen molar-refractivity contribution >= 4 is 11.8 Å². The van der Waals surface area contributed by atoms with E-state index in [1.54, 1.807) is 7.11 Å². The molecular formula is C20H23N3O5S. The summed E-state index contributed by atoms with van der Waals surface area (Å²) in [5.41, 5.74) is 9.32. The molecule has 5 atom stereocenters. The number of azide groups is 1. The molecule has 0 radical (unpaired) electrons. The predicted octanol–water partition coefficient (Wildman–Crippen LogP) is 3.13. The molecule has 2 unspecified atom stereocenters. The lowest BCUT2D eigenvalue weighted by molar-refractivity contribution is -0.185. The van der Waals surface area contributed by atoms with Gasteiger partial charge in [0.05, 0.1) is 26.4 Å². The molecule has 9 heteroatoms. The molecule has 0 aromatic heterocycles. The molecule has 1 aliphatic heterocycles. The lowest BCUT2D eigenvalue weighted by atomic mass is 9.98. The molecule has 1 aliphatic rings. The lowest BCUT2D eigenvalue weighted by Crippen LogP contribution is -2.57. The van der Waals surface area contributed by atoms with Gasteiger partial charge in [-0.05, 0) is 35.4 Å². The molecule has 154 valence electrons. The number of thioether (sulfide) groups is 1. The van der Waals surface area contributed by atoms with Crippen LogP contribution in [0.3, 0.4) is 0 Å². The number of nitrogens with zero attached hydrogens (tertiary/aromatic N) is 3. The number of methoxy groups -OCH3 is 1. The lowest BCUT2D eigenvalue weighted by Gasteiger charge is -2.42. The zero-order valence-electron chi connectivity index (χ0n) is 15.9. The molecule has 2 aromatic rings. The highest BCUT2D eigenvalue weighted by Gasteiger charge is 2.45. The third kappa shape index (κ3) is 5.42. The second kappa shape index (κ2) is 10.5. The summed E-state index contributed by atoms with van der Waals surface area (Å²) >= 11 is 1.36. The van der Waals surface area contributed by atoms with Crippen molar-refractivity contribution in [2.24, 2.45) is 5.11 Å². The third-order valence-corrected chi connectivity index (χ3v) is 5.77. The molecule has 1 heterocycles. The zero-order chi connectivity index (χ0) is 20.6. The first-order valence-electron chi connectivity index (χ1n) is 9.11. The van der Waals surface area contributed by atoms with E-state index in [1.807, 2.05) is 54.6 Å². The van der Waals surface area contributed by atoms with Gasteiger partial charge in [0, 0.05) is 9.81 Å². The van der Waals surface area contributed by atoms with Gasteiger partial charge in [-0.2, -0.15) is 0 Å². The van der Waals surface area contributed by atoms with Gasteiger partial charge in [0.1, 0.15) is 29.4 Å². The van der Waals surface area contributed by atoms with Gasteiger partial charge in [-0.25, -0.2) is 0 Å². The molecule has 0 saturated carbocycles. The number of rotatable bonds is 8. The van der Waals surface area contributed by atoms with Crippen LogP contribution >= 0.6 is 11.8 Å². The van der Waals surface area contributed by atoms with E-state index in [9.17, 15) is 10.2 Å². The third-order valence-electron chi connectivity index (χ3n) is 4.60. The number of aliphatic hydroxyl groups excluding tert-OH is 2. The Morgan fingerprint density at radius 2 is 1.90 bits per heavy atom. The normalized spacial score (nSPS) is 26.5. The SMILES string of the molecule is COc1ccc(CO[C@@H]2C(N=[N+]=[N-])[C@H](Sc3ccccc3)OC(CO)[C@@H]2O)cc1. The van der Waals surface area contributed by atoms with Crippen molar-refractivity contribution in [3.63, 3.8) is 0 Å². The zero-order valence-corrected chi connectivity index (χ0v) is 16.7. The minimum absolute atomic E-state index is 0.198. The fourth-order valence-electron chi connectivity index (χ4n) is 3.07. The van der Waals surface area contributed by atoms with Crippen LogP contribution in [0.4, 0.5) is 0 Å². The second-order valence-electron chi connectivity index (χ2n) is 6.47. The number of aliphatic hydroxyl groups is 2. The molecule has 1 saturated heterocycles. The Balaban J connectivity index is 1.79. The van der Waals surface area contributed by atoms with E-state index in [4.69, 9.17) is 19.7 Å². The monoisotopic (exact) mass is 417 g/mol. The minimum Gasteiger partial charge on any atom is -0.497 e. The van der Waals surface area contributed by atoms with E-state index in [1.165, 1.54) is 11.8 Å². The van der Waals surface area contributed by atoms with E-state index in [0.717, 1.165) is 16.2 Å². The Kier molecular flexibility index (Phi) is 7.76. The molecular weight excluding hydrogens is 394 g/mol. The largest absolute Gasteiger partial charge is 0.497 e. The summed E-state index contributed by atoms with van der Waals surface area (Å²) in [6, 6.07) is 16.1. The van der Waals surface area contributed by atoms with Crippen LogP contribution in [0.2, 0.25) is 0 Å². The Bertz CT molecular complexity index is 817. The van der Waals surface area contributed by atoms with Gasteiger partial charge in [-0.15, -0.1) is 0 Å². The quantitative estimate of drug-likeness (QED) is 0.387. The summed E-state index contributed by atoms with van der Waals surface area (Å²) in [5, 5.41) is 24.2. The molecule has 1 fully saturated rings. The topological polar surface area (TPSA) is 117 Å². The van der Waals surface area contributed by atoms with Crippen LogP contribution in [0, 0.1) is 0 Å².